The average Bonchev–Trinajstić information content (AvgIpc) is 3.40. The molecule has 3 aliphatic heterocycles. The molecule has 1 aromatic heterocycles. The number of piperidine rings is 2. The van der Waals surface area contributed by atoms with Crippen LogP contribution >= 0.6 is 11.3 Å². The van der Waals surface area contributed by atoms with E-state index in [9.17, 15) is 9.59 Å². The summed E-state index contributed by atoms with van der Waals surface area (Å²) >= 11 is 1.74. The molecule has 1 aliphatic carbocycles. The predicted molar refractivity (Wildman–Crippen MR) is 137 cm³/mol. The molecule has 2 atom stereocenters. The molecule has 0 N–H and O–H groups in total. The van der Waals surface area contributed by atoms with E-state index in [4.69, 9.17) is 4.74 Å². The number of hydrogen-bond acceptors (Lipinski definition) is 5. The van der Waals surface area contributed by atoms with Gasteiger partial charge in [-0.25, -0.2) is 0 Å². The maximum absolute atomic E-state index is 13.3. The van der Waals surface area contributed by atoms with Crippen molar-refractivity contribution in [1.82, 2.24) is 14.7 Å². The van der Waals surface area contributed by atoms with Crippen molar-refractivity contribution in [3.05, 3.63) is 21.9 Å². The molecule has 0 radical (unpaired) electrons. The lowest BCUT2D eigenvalue weighted by atomic mass is 9.78. The topological polar surface area (TPSA) is 53.1 Å². The van der Waals surface area contributed by atoms with Crippen LogP contribution in [-0.2, 0) is 9.53 Å². The van der Waals surface area contributed by atoms with Crippen LogP contribution in [0.15, 0.2) is 11.4 Å². The zero-order valence-corrected chi connectivity index (χ0v) is 22.0. The molecular weight excluding hydrogens is 446 g/mol. The highest BCUT2D eigenvalue weighted by Crippen LogP contribution is 2.37. The number of nitrogens with zero attached hydrogens (tertiary/aromatic N) is 3. The van der Waals surface area contributed by atoms with E-state index < -0.39 is 0 Å². The number of thiophene rings is 1. The van der Waals surface area contributed by atoms with Gasteiger partial charge in [-0.15, -0.1) is 11.3 Å². The van der Waals surface area contributed by atoms with Crippen LogP contribution in [0.2, 0.25) is 0 Å². The van der Waals surface area contributed by atoms with Crippen molar-refractivity contribution in [2.75, 3.05) is 52.5 Å². The molecule has 4 heterocycles. The fraction of sp³-hybridized carbons (Fsp3) is 0.778. The monoisotopic (exact) mass is 489 g/mol. The summed E-state index contributed by atoms with van der Waals surface area (Å²) < 4.78 is 5.38. The number of rotatable bonds is 4. The molecule has 2 amide bonds. The normalized spacial score (nSPS) is 26.4. The van der Waals surface area contributed by atoms with Gasteiger partial charge in [-0.05, 0) is 56.4 Å². The third-order valence-electron chi connectivity index (χ3n) is 8.08. The number of fused-ring (bicyclic) bond motifs is 1. The van der Waals surface area contributed by atoms with E-state index in [1.807, 2.05) is 18.7 Å². The highest BCUT2D eigenvalue weighted by atomic mass is 32.1. The number of carbonyl (C=O) groups is 2. The number of likely N-dealkylation sites (tertiary alicyclic amines) is 2. The highest BCUT2D eigenvalue weighted by molar-refractivity contribution is 7.10. The molecular formula is C27H43N3O3S. The highest BCUT2D eigenvalue weighted by Gasteiger charge is 2.36. The smallest absolute Gasteiger partial charge is 0.254 e. The molecule has 6 nitrogen and oxygen atoms in total. The van der Waals surface area contributed by atoms with Gasteiger partial charge in [0.25, 0.3) is 5.91 Å². The standard InChI is InChI=1S/C25H37N3O3S.C2H6/c29-24(17-26-12-14-31-15-13-26)27-10-7-20(8-11-27)23-16-21(18-32-23)25(30)28-9-3-5-19-4-1-2-6-22(19)28;1-2/h16,18-20,22H,1-15,17H2;1-2H3. The van der Waals surface area contributed by atoms with Gasteiger partial charge in [0, 0.05) is 49.0 Å². The lowest BCUT2D eigenvalue weighted by Crippen LogP contribution is -2.49. The minimum absolute atomic E-state index is 0.250. The zero-order chi connectivity index (χ0) is 23.9. The summed E-state index contributed by atoms with van der Waals surface area (Å²) in [4.78, 5) is 33.8. The van der Waals surface area contributed by atoms with E-state index in [0.29, 0.717) is 18.5 Å². The molecule has 3 saturated heterocycles. The molecule has 7 heteroatoms. The van der Waals surface area contributed by atoms with Gasteiger partial charge in [0.15, 0.2) is 0 Å². The zero-order valence-electron chi connectivity index (χ0n) is 21.2. The van der Waals surface area contributed by atoms with Crippen molar-refractivity contribution < 1.29 is 14.3 Å². The van der Waals surface area contributed by atoms with Crippen LogP contribution in [-0.4, -0.2) is 85.0 Å². The van der Waals surface area contributed by atoms with E-state index in [1.165, 1.54) is 37.0 Å². The summed E-state index contributed by atoms with van der Waals surface area (Å²) in [6.07, 6.45) is 9.53. The quantitative estimate of drug-likeness (QED) is 0.620. The van der Waals surface area contributed by atoms with E-state index >= 15 is 0 Å². The van der Waals surface area contributed by atoms with Crippen molar-refractivity contribution in [3.8, 4) is 0 Å². The van der Waals surface area contributed by atoms with E-state index in [2.05, 4.69) is 21.2 Å². The second-order valence-corrected chi connectivity index (χ2v) is 11.0. The third-order valence-corrected chi connectivity index (χ3v) is 9.18. The molecule has 4 fully saturated rings. The molecule has 2 unspecified atom stereocenters. The second-order valence-electron chi connectivity index (χ2n) is 10.0. The Labute approximate surface area is 209 Å². The van der Waals surface area contributed by atoms with Crippen molar-refractivity contribution in [1.29, 1.82) is 0 Å². The Balaban J connectivity index is 0.00000133. The molecule has 0 aromatic carbocycles. The fourth-order valence-corrected chi connectivity index (χ4v) is 7.24. The van der Waals surface area contributed by atoms with Gasteiger partial charge in [0.05, 0.1) is 25.3 Å². The van der Waals surface area contributed by atoms with Crippen molar-refractivity contribution in [3.63, 3.8) is 0 Å². The van der Waals surface area contributed by atoms with Crippen LogP contribution in [0.5, 0.6) is 0 Å². The first kappa shape index (κ1) is 25.6. The maximum Gasteiger partial charge on any atom is 0.254 e. The lowest BCUT2D eigenvalue weighted by Gasteiger charge is -2.44. The molecule has 0 spiro atoms. The molecule has 1 aromatic rings. The molecule has 190 valence electrons. The van der Waals surface area contributed by atoms with Gasteiger partial charge in [-0.3, -0.25) is 14.5 Å². The van der Waals surface area contributed by atoms with E-state index in [-0.39, 0.29) is 11.8 Å². The van der Waals surface area contributed by atoms with Gasteiger partial charge in [-0.1, -0.05) is 26.7 Å². The predicted octanol–water partition coefficient (Wildman–Crippen LogP) is 4.61. The summed E-state index contributed by atoms with van der Waals surface area (Å²) in [5, 5.41) is 2.08. The third kappa shape index (κ3) is 6.03. The van der Waals surface area contributed by atoms with Gasteiger partial charge in [0.1, 0.15) is 0 Å². The number of morpholine rings is 1. The first-order valence-corrected chi connectivity index (χ1v) is 14.5. The van der Waals surface area contributed by atoms with Crippen molar-refractivity contribution in [2.24, 2.45) is 5.92 Å². The minimum Gasteiger partial charge on any atom is -0.379 e. The Morgan fingerprint density at radius 2 is 1.65 bits per heavy atom. The van der Waals surface area contributed by atoms with Crippen LogP contribution in [0.1, 0.15) is 86.4 Å². The van der Waals surface area contributed by atoms with Crippen LogP contribution in [0.3, 0.4) is 0 Å². The Kier molecular flexibility index (Phi) is 9.43. The maximum atomic E-state index is 13.3. The Morgan fingerprint density at radius 1 is 0.941 bits per heavy atom. The first-order chi connectivity index (χ1) is 16.7. The molecule has 4 aliphatic rings. The number of carbonyl (C=O) groups excluding carboxylic acids is 2. The van der Waals surface area contributed by atoms with Crippen LogP contribution in [0, 0.1) is 5.92 Å². The Morgan fingerprint density at radius 3 is 2.41 bits per heavy atom. The summed E-state index contributed by atoms with van der Waals surface area (Å²) in [6, 6.07) is 2.63. The average molecular weight is 490 g/mol. The van der Waals surface area contributed by atoms with Gasteiger partial charge < -0.3 is 14.5 Å². The SMILES string of the molecule is CC.O=C(CN1CCOCC1)N1CCC(c2cc(C(=O)N3CCCC4CCCCC43)cs2)CC1. The largest absolute Gasteiger partial charge is 0.379 e. The number of hydrogen-bond donors (Lipinski definition) is 0. The van der Waals surface area contributed by atoms with E-state index in [1.54, 1.807) is 11.3 Å². The van der Waals surface area contributed by atoms with Gasteiger partial charge in [0.2, 0.25) is 5.91 Å². The second kappa shape index (κ2) is 12.5. The number of ether oxygens (including phenoxy) is 1. The van der Waals surface area contributed by atoms with Gasteiger partial charge >= 0.3 is 0 Å². The molecule has 0 bridgehead atoms. The van der Waals surface area contributed by atoms with Crippen LogP contribution in [0.4, 0.5) is 0 Å². The summed E-state index contributed by atoms with van der Waals surface area (Å²) in [5.74, 6) is 1.69. The van der Waals surface area contributed by atoms with Gasteiger partial charge in [-0.2, -0.15) is 0 Å². The Bertz CT molecular complexity index is 797. The van der Waals surface area contributed by atoms with Crippen LogP contribution < -0.4 is 0 Å². The molecule has 1 saturated carbocycles. The van der Waals surface area contributed by atoms with Crippen LogP contribution in [0.25, 0.3) is 0 Å². The summed E-state index contributed by atoms with van der Waals surface area (Å²) in [6.45, 7) is 10.3. The Hall–Kier alpha value is -1.44. The van der Waals surface area contributed by atoms with E-state index in [0.717, 1.165) is 76.7 Å². The molecule has 34 heavy (non-hydrogen) atoms. The molecule has 5 rings (SSSR count). The minimum atomic E-state index is 0.250. The lowest BCUT2D eigenvalue weighted by molar-refractivity contribution is -0.134. The summed E-state index contributed by atoms with van der Waals surface area (Å²) in [5.41, 5.74) is 0.891. The van der Waals surface area contributed by atoms with Crippen molar-refractivity contribution >= 4 is 23.2 Å². The summed E-state index contributed by atoms with van der Waals surface area (Å²) in [7, 11) is 0. The first-order valence-electron chi connectivity index (χ1n) is 13.7. The fourth-order valence-electron chi connectivity index (χ4n) is 6.19. The van der Waals surface area contributed by atoms with Crippen molar-refractivity contribution in [2.45, 2.75) is 77.2 Å². The number of amides is 2.